The molecule has 176 valence electrons. The molecular formula is C25H28N5O3P. The van der Waals surface area contributed by atoms with Crippen molar-refractivity contribution in [3.63, 3.8) is 0 Å². The zero-order valence-corrected chi connectivity index (χ0v) is 19.7. The Morgan fingerprint density at radius 2 is 1.68 bits per heavy atom. The summed E-state index contributed by atoms with van der Waals surface area (Å²) in [7, 11) is -3.93. The first kappa shape index (κ1) is 22.7. The molecule has 2 heterocycles. The summed E-state index contributed by atoms with van der Waals surface area (Å²) in [4.78, 5) is 31.9. The number of imidazole rings is 1. The van der Waals surface area contributed by atoms with Crippen LogP contribution < -0.4 is 5.32 Å². The Morgan fingerprint density at radius 3 is 2.38 bits per heavy atom. The number of fused-ring (bicyclic) bond motifs is 1. The summed E-state index contributed by atoms with van der Waals surface area (Å²) in [5.41, 5.74) is 4.89. The fraction of sp³-hybridized carbons (Fsp3) is 0.320. The van der Waals surface area contributed by atoms with E-state index < -0.39 is 7.60 Å². The highest BCUT2D eigenvalue weighted by Gasteiger charge is 2.27. The molecule has 0 saturated heterocycles. The van der Waals surface area contributed by atoms with Crippen molar-refractivity contribution in [2.24, 2.45) is 5.92 Å². The number of nitrogens with one attached hydrogen (secondary N) is 1. The molecule has 1 saturated carbocycles. The summed E-state index contributed by atoms with van der Waals surface area (Å²) in [6, 6.07) is 18.6. The maximum atomic E-state index is 11.3. The van der Waals surface area contributed by atoms with Crippen LogP contribution in [0.1, 0.15) is 42.7 Å². The van der Waals surface area contributed by atoms with Gasteiger partial charge in [0.05, 0.1) is 6.16 Å². The van der Waals surface area contributed by atoms with Crippen LogP contribution in [0.4, 0.5) is 5.82 Å². The lowest BCUT2D eigenvalue weighted by atomic mass is 9.79. The monoisotopic (exact) mass is 477 g/mol. The quantitative estimate of drug-likeness (QED) is 0.325. The SMILES string of the molecule is O=P(O)(O)C[C@H]1CC[C@H](c2ccc(-n3cnc4c(NCc5ccccc5)ncnc43)cc2)CC1. The standard InChI is InChI=1S/C25H28N5O3P/c31-34(32,33)15-19-6-8-20(9-7-19)21-10-12-22(13-11-21)30-17-29-23-24(27-16-28-25(23)30)26-14-18-4-2-1-3-5-18/h1-5,10-13,16-17,19-20H,6-9,14-15H2,(H,26,27,28)(H2,31,32,33)/t19-,20-. The third kappa shape index (κ3) is 5.20. The van der Waals surface area contributed by atoms with Crippen LogP contribution in [0.25, 0.3) is 16.9 Å². The van der Waals surface area contributed by atoms with Crippen LogP contribution in [0.5, 0.6) is 0 Å². The van der Waals surface area contributed by atoms with Gasteiger partial charge in [0.25, 0.3) is 0 Å². The van der Waals surface area contributed by atoms with E-state index in [-0.39, 0.29) is 12.1 Å². The summed E-state index contributed by atoms with van der Waals surface area (Å²) in [5.74, 6) is 1.26. The first-order chi connectivity index (χ1) is 16.5. The predicted molar refractivity (Wildman–Crippen MR) is 132 cm³/mol. The van der Waals surface area contributed by atoms with Crippen molar-refractivity contribution in [2.75, 3.05) is 11.5 Å². The van der Waals surface area contributed by atoms with Gasteiger partial charge in [0, 0.05) is 12.2 Å². The van der Waals surface area contributed by atoms with E-state index in [9.17, 15) is 14.4 Å². The van der Waals surface area contributed by atoms with E-state index in [4.69, 9.17) is 0 Å². The molecular weight excluding hydrogens is 449 g/mol. The highest BCUT2D eigenvalue weighted by atomic mass is 31.2. The van der Waals surface area contributed by atoms with Gasteiger partial charge in [0.15, 0.2) is 17.0 Å². The zero-order valence-electron chi connectivity index (χ0n) is 18.8. The van der Waals surface area contributed by atoms with Gasteiger partial charge in [-0.3, -0.25) is 9.13 Å². The Bertz CT molecular complexity index is 1300. The minimum Gasteiger partial charge on any atom is -0.364 e. The third-order valence-corrected chi connectivity index (χ3v) is 7.61. The Balaban J connectivity index is 1.29. The topological polar surface area (TPSA) is 113 Å². The van der Waals surface area contributed by atoms with Crippen LogP contribution in [0, 0.1) is 5.92 Å². The van der Waals surface area contributed by atoms with Gasteiger partial charge in [-0.1, -0.05) is 42.5 Å². The minimum atomic E-state index is -3.93. The van der Waals surface area contributed by atoms with Crippen molar-refractivity contribution in [3.05, 3.63) is 78.4 Å². The molecule has 0 atom stereocenters. The molecule has 0 unspecified atom stereocenters. The van der Waals surface area contributed by atoms with E-state index in [1.54, 1.807) is 12.7 Å². The third-order valence-electron chi connectivity index (χ3n) is 6.62. The number of rotatable bonds is 7. The van der Waals surface area contributed by atoms with Crippen molar-refractivity contribution in [2.45, 2.75) is 38.1 Å². The summed E-state index contributed by atoms with van der Waals surface area (Å²) >= 11 is 0. The van der Waals surface area contributed by atoms with Crippen LogP contribution in [0.3, 0.4) is 0 Å². The number of anilines is 1. The van der Waals surface area contributed by atoms with Crippen LogP contribution in [0.2, 0.25) is 0 Å². The summed E-state index contributed by atoms with van der Waals surface area (Å²) in [6.45, 7) is 0.658. The van der Waals surface area contributed by atoms with Gasteiger partial charge in [0.1, 0.15) is 12.7 Å². The second-order valence-corrected chi connectivity index (χ2v) is 10.7. The Labute approximate surface area is 198 Å². The number of nitrogens with zero attached hydrogens (tertiary/aromatic N) is 4. The summed E-state index contributed by atoms with van der Waals surface area (Å²) in [5, 5.41) is 3.36. The molecule has 4 aromatic rings. The minimum absolute atomic E-state index is 0.0103. The van der Waals surface area contributed by atoms with Gasteiger partial charge < -0.3 is 15.1 Å². The fourth-order valence-electron chi connectivity index (χ4n) is 4.86. The van der Waals surface area contributed by atoms with Gasteiger partial charge in [-0.15, -0.1) is 0 Å². The molecule has 0 radical (unpaired) electrons. The molecule has 0 spiro atoms. The predicted octanol–water partition coefficient (Wildman–Crippen LogP) is 4.88. The normalized spacial score (nSPS) is 18.8. The number of benzene rings is 2. The van der Waals surface area contributed by atoms with Gasteiger partial charge in [-0.25, -0.2) is 15.0 Å². The molecule has 1 aliphatic rings. The lowest BCUT2D eigenvalue weighted by Gasteiger charge is -2.29. The van der Waals surface area contributed by atoms with Crippen LogP contribution >= 0.6 is 7.60 Å². The van der Waals surface area contributed by atoms with Crippen molar-refractivity contribution < 1.29 is 14.4 Å². The van der Waals surface area contributed by atoms with Crippen molar-refractivity contribution in [1.29, 1.82) is 0 Å². The Morgan fingerprint density at radius 1 is 0.941 bits per heavy atom. The maximum Gasteiger partial charge on any atom is 0.325 e. The van der Waals surface area contributed by atoms with E-state index in [1.807, 2.05) is 22.8 Å². The molecule has 34 heavy (non-hydrogen) atoms. The highest BCUT2D eigenvalue weighted by Crippen LogP contribution is 2.44. The van der Waals surface area contributed by atoms with E-state index in [2.05, 4.69) is 56.7 Å². The largest absolute Gasteiger partial charge is 0.364 e. The molecule has 2 aromatic heterocycles. The van der Waals surface area contributed by atoms with Crippen molar-refractivity contribution in [1.82, 2.24) is 19.5 Å². The average molecular weight is 478 g/mol. The van der Waals surface area contributed by atoms with Gasteiger partial charge in [0.2, 0.25) is 0 Å². The highest BCUT2D eigenvalue weighted by molar-refractivity contribution is 7.51. The van der Waals surface area contributed by atoms with Crippen molar-refractivity contribution in [3.8, 4) is 5.69 Å². The van der Waals surface area contributed by atoms with Crippen LogP contribution in [0.15, 0.2) is 67.3 Å². The molecule has 1 aliphatic carbocycles. The van der Waals surface area contributed by atoms with E-state index in [0.29, 0.717) is 18.3 Å². The molecule has 0 aliphatic heterocycles. The lowest BCUT2D eigenvalue weighted by molar-refractivity contribution is 0.316. The van der Waals surface area contributed by atoms with Crippen LogP contribution in [-0.4, -0.2) is 35.5 Å². The second-order valence-electron chi connectivity index (χ2n) is 9.00. The maximum absolute atomic E-state index is 11.3. The smallest absolute Gasteiger partial charge is 0.325 e. The molecule has 9 heteroatoms. The first-order valence-corrected chi connectivity index (χ1v) is 13.4. The van der Waals surface area contributed by atoms with Gasteiger partial charge in [-0.05, 0) is 60.8 Å². The van der Waals surface area contributed by atoms with Crippen LogP contribution in [-0.2, 0) is 11.1 Å². The number of hydrogen-bond donors (Lipinski definition) is 3. The molecule has 5 rings (SSSR count). The summed E-state index contributed by atoms with van der Waals surface area (Å²) in [6.07, 6.45) is 6.98. The molecule has 1 fully saturated rings. The van der Waals surface area contributed by atoms with E-state index in [1.165, 1.54) is 11.1 Å². The van der Waals surface area contributed by atoms with E-state index >= 15 is 0 Å². The zero-order chi connectivity index (χ0) is 23.5. The molecule has 8 nitrogen and oxygen atoms in total. The summed E-state index contributed by atoms with van der Waals surface area (Å²) < 4.78 is 13.3. The van der Waals surface area contributed by atoms with Gasteiger partial charge in [-0.2, -0.15) is 0 Å². The Kier molecular flexibility index (Phi) is 6.46. The molecule has 0 amide bonds. The fourth-order valence-corrected chi connectivity index (χ4v) is 5.89. The molecule has 0 bridgehead atoms. The first-order valence-electron chi connectivity index (χ1n) is 11.6. The second kappa shape index (κ2) is 9.66. The van der Waals surface area contributed by atoms with E-state index in [0.717, 1.165) is 42.5 Å². The number of aromatic nitrogens is 4. The average Bonchev–Trinajstić information content (AvgIpc) is 3.28. The van der Waals surface area contributed by atoms with Gasteiger partial charge >= 0.3 is 7.60 Å². The lowest BCUT2D eigenvalue weighted by Crippen LogP contribution is -2.16. The number of hydrogen-bond acceptors (Lipinski definition) is 5. The molecule has 2 aromatic carbocycles. The molecule has 3 N–H and O–H groups in total. The van der Waals surface area contributed by atoms with Crippen molar-refractivity contribution >= 4 is 24.6 Å². The Hall–Kier alpha value is -3.06.